The maximum absolute atomic E-state index is 2.39. The summed E-state index contributed by atoms with van der Waals surface area (Å²) in [7, 11) is 2.13. The van der Waals surface area contributed by atoms with Crippen LogP contribution in [0.15, 0.2) is 60.4 Å². The lowest BCUT2D eigenvalue weighted by Gasteiger charge is -2.29. The van der Waals surface area contributed by atoms with Gasteiger partial charge in [0, 0.05) is 24.0 Å². The maximum Gasteiger partial charge on any atom is 0.264 e. The van der Waals surface area contributed by atoms with Crippen LogP contribution in [0.5, 0.6) is 0 Å². The van der Waals surface area contributed by atoms with E-state index >= 15 is 0 Å². The van der Waals surface area contributed by atoms with Gasteiger partial charge in [-0.2, -0.15) is 4.57 Å². The Morgan fingerprint density at radius 3 is 2.43 bits per heavy atom. The van der Waals surface area contributed by atoms with Crippen LogP contribution in [0.4, 0.5) is 5.69 Å². The molecule has 0 bridgehead atoms. The summed E-state index contributed by atoms with van der Waals surface area (Å²) in [5.74, 6) is 0. The molecule has 0 aliphatic carbocycles. The van der Waals surface area contributed by atoms with Gasteiger partial charge in [-0.25, -0.2) is 0 Å². The fourth-order valence-electron chi connectivity index (χ4n) is 3.50. The van der Waals surface area contributed by atoms with Crippen LogP contribution in [0.25, 0.3) is 22.6 Å². The molecule has 0 radical (unpaired) electrons. The third kappa shape index (κ3) is 4.08. The van der Waals surface area contributed by atoms with Crippen LogP contribution < -0.4 is 33.4 Å². The van der Waals surface area contributed by atoms with Crippen molar-refractivity contribution in [3.05, 3.63) is 82.1 Å². The molecule has 2 aromatic carbocycles. The lowest BCUT2D eigenvalue weighted by molar-refractivity contribution is -0.667. The number of allylic oxidation sites excluding steroid dienone is 1. The molecule has 28 heavy (non-hydrogen) atoms. The normalized spacial score (nSPS) is 14.1. The number of hydrogen-bond donors (Lipinski definition) is 0. The molecular weight excluding hydrogens is 475 g/mol. The second kappa shape index (κ2) is 8.62. The molecule has 1 aliphatic rings. The van der Waals surface area contributed by atoms with E-state index in [9.17, 15) is 0 Å². The van der Waals surface area contributed by atoms with Crippen molar-refractivity contribution in [3.8, 4) is 10.4 Å². The van der Waals surface area contributed by atoms with Crippen molar-refractivity contribution in [2.24, 2.45) is 7.05 Å². The van der Waals surface area contributed by atoms with Gasteiger partial charge in [0.2, 0.25) is 0 Å². The minimum Gasteiger partial charge on any atom is -1.00 e. The van der Waals surface area contributed by atoms with Crippen LogP contribution >= 0.6 is 11.3 Å². The molecule has 0 spiro atoms. The molecule has 0 unspecified atom stereocenters. The molecule has 0 N–H and O–H groups in total. The molecule has 0 saturated heterocycles. The van der Waals surface area contributed by atoms with Gasteiger partial charge in [0.1, 0.15) is 11.9 Å². The minimum absolute atomic E-state index is 0. The first kappa shape index (κ1) is 20.8. The van der Waals surface area contributed by atoms with E-state index in [2.05, 4.69) is 104 Å². The van der Waals surface area contributed by atoms with Gasteiger partial charge in [-0.05, 0) is 50.1 Å². The molecule has 4 rings (SSSR count). The van der Waals surface area contributed by atoms with Gasteiger partial charge >= 0.3 is 0 Å². The average molecular weight is 500 g/mol. The van der Waals surface area contributed by atoms with Crippen molar-refractivity contribution >= 4 is 29.2 Å². The highest BCUT2D eigenvalue weighted by Crippen LogP contribution is 2.33. The highest BCUT2D eigenvalue weighted by Gasteiger charge is 2.19. The van der Waals surface area contributed by atoms with E-state index in [4.69, 9.17) is 0 Å². The summed E-state index contributed by atoms with van der Waals surface area (Å²) in [4.78, 5) is 3.68. The van der Waals surface area contributed by atoms with E-state index in [-0.39, 0.29) is 24.0 Å². The third-order valence-electron chi connectivity index (χ3n) is 5.02. The number of nitrogens with zero attached hydrogens (tertiary/aromatic N) is 2. The van der Waals surface area contributed by atoms with Crippen LogP contribution in [0.3, 0.4) is 0 Å². The van der Waals surface area contributed by atoms with E-state index in [1.54, 1.807) is 0 Å². The molecule has 0 fully saturated rings. The number of likely N-dealkylation sites (N-methyl/N-ethyl adjacent to an activating group) is 1. The van der Waals surface area contributed by atoms with E-state index in [1.807, 2.05) is 11.3 Å². The zero-order valence-electron chi connectivity index (χ0n) is 16.7. The van der Waals surface area contributed by atoms with Crippen molar-refractivity contribution < 1.29 is 28.5 Å². The summed E-state index contributed by atoms with van der Waals surface area (Å²) in [6.45, 7) is 7.44. The lowest BCUT2D eigenvalue weighted by atomic mass is 10.0. The summed E-state index contributed by atoms with van der Waals surface area (Å²) in [6.07, 6.45) is 8.98. The molecule has 2 heterocycles. The minimum atomic E-state index is 0. The number of anilines is 1. The Morgan fingerprint density at radius 2 is 1.71 bits per heavy atom. The monoisotopic (exact) mass is 500 g/mol. The molecule has 1 aliphatic heterocycles. The molecule has 4 heteroatoms. The van der Waals surface area contributed by atoms with Gasteiger partial charge in [-0.15, -0.1) is 0 Å². The number of halogens is 1. The third-order valence-corrected chi connectivity index (χ3v) is 6.19. The second-order valence-corrected chi connectivity index (χ2v) is 8.18. The highest BCUT2D eigenvalue weighted by atomic mass is 127. The maximum atomic E-state index is 2.39. The van der Waals surface area contributed by atoms with Crippen molar-refractivity contribution in [2.75, 3.05) is 11.4 Å². The van der Waals surface area contributed by atoms with Crippen LogP contribution in [0, 0.1) is 13.8 Å². The zero-order valence-corrected chi connectivity index (χ0v) is 19.7. The number of benzene rings is 2. The first-order chi connectivity index (χ1) is 13.0. The lowest BCUT2D eigenvalue weighted by Crippen LogP contribution is -3.00. The van der Waals surface area contributed by atoms with Gasteiger partial charge in [0.15, 0.2) is 6.20 Å². The van der Waals surface area contributed by atoms with Crippen LogP contribution in [-0.4, -0.2) is 6.54 Å². The van der Waals surface area contributed by atoms with E-state index in [0.717, 1.165) is 6.54 Å². The number of fused-ring (bicyclic) bond motifs is 1. The van der Waals surface area contributed by atoms with Gasteiger partial charge in [-0.3, -0.25) is 0 Å². The number of aromatic nitrogens is 1. The number of hydrogen-bond acceptors (Lipinski definition) is 2. The van der Waals surface area contributed by atoms with Crippen LogP contribution in [0.1, 0.15) is 28.6 Å². The predicted molar refractivity (Wildman–Crippen MR) is 117 cm³/mol. The Balaban J connectivity index is 0.00000225. The van der Waals surface area contributed by atoms with Crippen LogP contribution in [-0.2, 0) is 7.05 Å². The summed E-state index contributed by atoms with van der Waals surface area (Å²) in [5, 5.41) is 1.25. The molecule has 0 amide bonds. The fraction of sp³-hybridized carbons (Fsp3) is 0.208. The Bertz CT molecular complexity index is 1040. The Hall–Kier alpha value is -1.92. The van der Waals surface area contributed by atoms with Crippen molar-refractivity contribution in [1.29, 1.82) is 0 Å². The molecular formula is C24H25IN2S. The molecule has 3 aromatic rings. The van der Waals surface area contributed by atoms with E-state index < -0.39 is 0 Å². The van der Waals surface area contributed by atoms with Gasteiger partial charge < -0.3 is 28.9 Å². The fourth-order valence-corrected chi connectivity index (χ4v) is 4.56. The van der Waals surface area contributed by atoms with Gasteiger partial charge in [-0.1, -0.05) is 58.9 Å². The van der Waals surface area contributed by atoms with Gasteiger partial charge in [0.25, 0.3) is 5.01 Å². The number of aryl methyl sites for hydroxylation is 3. The van der Waals surface area contributed by atoms with Crippen molar-refractivity contribution in [2.45, 2.75) is 20.8 Å². The Morgan fingerprint density at radius 1 is 1.00 bits per heavy atom. The van der Waals surface area contributed by atoms with Gasteiger partial charge in [0.05, 0.1) is 0 Å². The largest absolute Gasteiger partial charge is 1.00 e. The summed E-state index contributed by atoms with van der Waals surface area (Å²) < 4.78 is 2.22. The highest BCUT2D eigenvalue weighted by molar-refractivity contribution is 7.15. The molecule has 144 valence electrons. The summed E-state index contributed by atoms with van der Waals surface area (Å²) >= 11 is 1.83. The number of thiazole rings is 1. The molecule has 0 saturated carbocycles. The first-order valence-corrected chi connectivity index (χ1v) is 10.2. The van der Waals surface area contributed by atoms with Crippen molar-refractivity contribution in [1.82, 2.24) is 0 Å². The SMILES string of the molecule is CCN1C(=Cc2sc(-c3ccc(C)cc3)c[n+]2C)C=Cc2cc(C)ccc21.[I-]. The topological polar surface area (TPSA) is 7.12 Å². The zero-order chi connectivity index (χ0) is 19.0. The average Bonchev–Trinajstić information content (AvgIpc) is 3.02. The van der Waals surface area contributed by atoms with Crippen LogP contribution in [0.2, 0.25) is 0 Å². The van der Waals surface area contributed by atoms with E-state index in [0.29, 0.717) is 0 Å². The smallest absolute Gasteiger partial charge is 0.264 e. The first-order valence-electron chi connectivity index (χ1n) is 9.39. The predicted octanol–water partition coefficient (Wildman–Crippen LogP) is 2.75. The molecule has 0 atom stereocenters. The second-order valence-electron chi connectivity index (χ2n) is 7.12. The molecule has 1 aromatic heterocycles. The summed E-state index contributed by atoms with van der Waals surface area (Å²) in [5.41, 5.74) is 7.69. The summed E-state index contributed by atoms with van der Waals surface area (Å²) in [6, 6.07) is 15.4. The Labute approximate surface area is 188 Å². The van der Waals surface area contributed by atoms with E-state index in [1.165, 1.54) is 43.5 Å². The molecule has 2 nitrogen and oxygen atoms in total. The van der Waals surface area contributed by atoms with Crippen molar-refractivity contribution in [3.63, 3.8) is 0 Å². The quantitative estimate of drug-likeness (QED) is 0.397. The standard InChI is InChI=1S/C24H25N2S.HI/c1-5-26-21(12-11-20-14-18(3)8-13-22(20)26)15-24-25(4)16-23(27-24)19-9-6-17(2)7-10-19;/h6-16H,5H2,1-4H3;1H/q+1;/p-1. The Kier molecular flexibility index (Phi) is 6.40. The number of rotatable bonds is 3.